The maximum Gasteiger partial charge on any atom is 0.212 e. The first-order valence-electron chi connectivity index (χ1n) is 16.3. The van der Waals surface area contributed by atoms with E-state index >= 15 is 0 Å². The molecule has 0 radical (unpaired) electrons. The zero-order valence-corrected chi connectivity index (χ0v) is 26.7. The Bertz CT molecular complexity index is 2900. The first-order chi connectivity index (χ1) is 24.7. The molecule has 5 heteroatoms. The Labute approximate surface area is 288 Å². The van der Waals surface area contributed by atoms with E-state index in [-0.39, 0.29) is 0 Å². The first-order valence-corrected chi connectivity index (χ1v) is 16.3. The second-order valence-corrected chi connectivity index (χ2v) is 12.2. The third-order valence-electron chi connectivity index (χ3n) is 9.64. The molecule has 0 aliphatic carbocycles. The maximum absolute atomic E-state index is 10.1. The molecule has 2 aromatic heterocycles. The quantitative estimate of drug-likeness (QED) is 0.181. The second-order valence-electron chi connectivity index (χ2n) is 12.2. The van der Waals surface area contributed by atoms with Gasteiger partial charge in [0.2, 0.25) is 5.69 Å². The Morgan fingerprint density at radius 3 is 1.72 bits per heavy atom. The van der Waals surface area contributed by atoms with Gasteiger partial charge in [-0.1, -0.05) is 97.1 Å². The van der Waals surface area contributed by atoms with E-state index in [2.05, 4.69) is 111 Å². The molecule has 0 amide bonds. The van der Waals surface area contributed by atoms with E-state index in [1.54, 1.807) is 6.07 Å². The highest BCUT2D eigenvalue weighted by atomic mass is 15.0. The van der Waals surface area contributed by atoms with Gasteiger partial charge in [0, 0.05) is 27.2 Å². The summed E-state index contributed by atoms with van der Waals surface area (Å²) in [7, 11) is 0. The molecule has 9 rings (SSSR count). The fourth-order valence-corrected chi connectivity index (χ4v) is 7.48. The molecule has 230 valence electrons. The molecule has 0 fully saturated rings. The minimum Gasteiger partial charge on any atom is -0.309 e. The number of para-hydroxylation sites is 4. The largest absolute Gasteiger partial charge is 0.309 e. The smallest absolute Gasteiger partial charge is 0.212 e. The highest BCUT2D eigenvalue weighted by Gasteiger charge is 2.22. The summed E-state index contributed by atoms with van der Waals surface area (Å²) in [5, 5.41) is 24.1. The molecule has 9 aromatic rings. The summed E-state index contributed by atoms with van der Waals surface area (Å²) in [4.78, 5) is 3.98. The number of nitriles is 2. The van der Waals surface area contributed by atoms with Gasteiger partial charge in [0.1, 0.15) is 0 Å². The first kappa shape index (κ1) is 28.8. The van der Waals surface area contributed by atoms with Crippen LogP contribution in [0.3, 0.4) is 0 Å². The van der Waals surface area contributed by atoms with E-state index in [4.69, 9.17) is 6.57 Å². The van der Waals surface area contributed by atoms with Crippen molar-refractivity contribution in [3.8, 4) is 45.8 Å². The number of benzene rings is 7. The van der Waals surface area contributed by atoms with Crippen LogP contribution in [0.1, 0.15) is 11.1 Å². The molecule has 0 unspecified atom stereocenters. The van der Waals surface area contributed by atoms with Crippen LogP contribution in [0.5, 0.6) is 0 Å². The number of hydrogen-bond donors (Lipinski definition) is 0. The zero-order chi connectivity index (χ0) is 33.8. The minimum atomic E-state index is 0.331. The number of aromatic nitrogens is 2. The molecule has 5 nitrogen and oxygen atoms in total. The lowest BCUT2D eigenvalue weighted by Gasteiger charge is -2.19. The predicted octanol–water partition coefficient (Wildman–Crippen LogP) is 11.5. The molecule has 0 N–H and O–H groups in total. The molecule has 0 atom stereocenters. The Hall–Kier alpha value is -7.39. The van der Waals surface area contributed by atoms with Gasteiger partial charge in [0.15, 0.2) is 0 Å². The van der Waals surface area contributed by atoms with Crippen LogP contribution >= 0.6 is 0 Å². The Kier molecular flexibility index (Phi) is 6.56. The zero-order valence-electron chi connectivity index (χ0n) is 26.7. The van der Waals surface area contributed by atoms with Gasteiger partial charge in [-0.2, -0.15) is 10.5 Å². The number of hydrogen-bond acceptors (Lipinski definition) is 2. The molecule has 0 aliphatic rings. The lowest BCUT2D eigenvalue weighted by Crippen LogP contribution is -1.99. The standard InChI is InChI=1S/C45H25N5/c1-48-45-31(28-47)21-24-33(30-19-22-32(23-20-30)49-39-14-6-4-12-36(39)38-26-29(27-46)18-25-43(38)49)44(45)37-13-5-9-17-42(37)50-40-15-7-2-10-34(40)35-11-3-8-16-41(35)50/h2-26H. The maximum atomic E-state index is 10.1. The monoisotopic (exact) mass is 635 g/mol. The second kappa shape index (κ2) is 11.4. The lowest BCUT2D eigenvalue weighted by molar-refractivity contribution is 1.18. The topological polar surface area (TPSA) is 61.8 Å². The van der Waals surface area contributed by atoms with Crippen molar-refractivity contribution < 1.29 is 0 Å². The minimum absolute atomic E-state index is 0.331. The molecular weight excluding hydrogens is 611 g/mol. The third-order valence-corrected chi connectivity index (χ3v) is 9.64. The van der Waals surface area contributed by atoms with Crippen LogP contribution in [-0.4, -0.2) is 9.13 Å². The van der Waals surface area contributed by atoms with Crippen molar-refractivity contribution >= 4 is 49.3 Å². The molecule has 50 heavy (non-hydrogen) atoms. The van der Waals surface area contributed by atoms with E-state index in [1.807, 2.05) is 60.7 Å². The Balaban J connectivity index is 1.27. The third kappa shape index (κ3) is 4.24. The van der Waals surface area contributed by atoms with Gasteiger partial charge in [0.05, 0.1) is 57.6 Å². The van der Waals surface area contributed by atoms with E-state index in [9.17, 15) is 10.5 Å². The van der Waals surface area contributed by atoms with Gasteiger partial charge < -0.3 is 9.13 Å². The molecule has 0 saturated heterocycles. The highest BCUT2D eigenvalue weighted by molar-refractivity contribution is 6.11. The van der Waals surface area contributed by atoms with E-state index in [1.165, 1.54) is 0 Å². The summed E-state index contributed by atoms with van der Waals surface area (Å²) < 4.78 is 4.48. The molecule has 7 aromatic carbocycles. The summed E-state index contributed by atoms with van der Waals surface area (Å²) in [6.07, 6.45) is 0. The van der Waals surface area contributed by atoms with Gasteiger partial charge in [-0.05, 0) is 76.9 Å². The molecule has 2 heterocycles. The van der Waals surface area contributed by atoms with Gasteiger partial charge in [0.25, 0.3) is 0 Å². The van der Waals surface area contributed by atoms with Crippen molar-refractivity contribution in [3.63, 3.8) is 0 Å². The Morgan fingerprint density at radius 1 is 0.500 bits per heavy atom. The van der Waals surface area contributed by atoms with Gasteiger partial charge in [-0.25, -0.2) is 4.85 Å². The summed E-state index contributed by atoms with van der Waals surface area (Å²) in [5.41, 5.74) is 10.8. The number of nitrogens with zero attached hydrogens (tertiary/aromatic N) is 5. The van der Waals surface area contributed by atoms with Crippen LogP contribution in [0.15, 0.2) is 152 Å². The van der Waals surface area contributed by atoms with Crippen LogP contribution in [0, 0.1) is 29.2 Å². The van der Waals surface area contributed by atoms with Crippen LogP contribution in [-0.2, 0) is 0 Å². The number of rotatable bonds is 4. The average molecular weight is 636 g/mol. The van der Waals surface area contributed by atoms with Crippen LogP contribution < -0.4 is 0 Å². The summed E-state index contributed by atoms with van der Waals surface area (Å²) in [6.45, 7) is 8.30. The fraction of sp³-hybridized carbons (Fsp3) is 0. The van der Waals surface area contributed by atoms with Crippen molar-refractivity contribution in [2.75, 3.05) is 0 Å². The van der Waals surface area contributed by atoms with Crippen molar-refractivity contribution in [2.45, 2.75) is 0 Å². The summed E-state index contributed by atoms with van der Waals surface area (Å²) in [6, 6.07) is 55.6. The molecular formula is C45H25N5. The van der Waals surface area contributed by atoms with Crippen molar-refractivity contribution in [3.05, 3.63) is 174 Å². The SMILES string of the molecule is [C-]#[N+]c1c(C#N)ccc(-c2ccc(-n3c4ccccc4c4cc(C#N)ccc43)cc2)c1-c1ccccc1-n1c2ccccc2c2ccccc21. The average Bonchev–Trinajstić information content (AvgIpc) is 3.70. The normalized spacial score (nSPS) is 11.1. The van der Waals surface area contributed by atoms with E-state index in [0.29, 0.717) is 16.8 Å². The van der Waals surface area contributed by atoms with Gasteiger partial charge >= 0.3 is 0 Å². The van der Waals surface area contributed by atoms with Crippen molar-refractivity contribution in [1.29, 1.82) is 10.5 Å². The highest BCUT2D eigenvalue weighted by Crippen LogP contribution is 2.45. The van der Waals surface area contributed by atoms with Crippen LogP contribution in [0.2, 0.25) is 0 Å². The molecule has 0 bridgehead atoms. The fourth-order valence-electron chi connectivity index (χ4n) is 7.48. The van der Waals surface area contributed by atoms with Gasteiger partial charge in [-0.3, -0.25) is 0 Å². The van der Waals surface area contributed by atoms with E-state index in [0.717, 1.165) is 77.2 Å². The molecule has 0 spiro atoms. The van der Waals surface area contributed by atoms with Gasteiger partial charge in [-0.15, -0.1) is 0 Å². The predicted molar refractivity (Wildman–Crippen MR) is 202 cm³/mol. The molecule has 0 aliphatic heterocycles. The van der Waals surface area contributed by atoms with Crippen molar-refractivity contribution in [2.24, 2.45) is 0 Å². The van der Waals surface area contributed by atoms with Crippen molar-refractivity contribution in [1.82, 2.24) is 9.13 Å². The Morgan fingerprint density at radius 2 is 1.08 bits per heavy atom. The summed E-state index contributed by atoms with van der Waals surface area (Å²) >= 11 is 0. The van der Waals surface area contributed by atoms with Crippen LogP contribution in [0.25, 0.3) is 82.1 Å². The van der Waals surface area contributed by atoms with E-state index < -0.39 is 0 Å². The summed E-state index contributed by atoms with van der Waals surface area (Å²) in [5.74, 6) is 0. The lowest BCUT2D eigenvalue weighted by atomic mass is 9.90. The molecule has 0 saturated carbocycles. The van der Waals surface area contributed by atoms with Crippen LogP contribution in [0.4, 0.5) is 5.69 Å². The number of fused-ring (bicyclic) bond motifs is 6.